The van der Waals surface area contributed by atoms with Gasteiger partial charge in [-0.15, -0.1) is 0 Å². The molecule has 1 saturated heterocycles. The molecular formula is C17H19N7. The van der Waals surface area contributed by atoms with Crippen molar-refractivity contribution in [2.45, 2.75) is 32.4 Å². The Morgan fingerprint density at radius 3 is 2.79 bits per heavy atom. The fraction of sp³-hybridized carbons (Fsp3) is 0.353. The van der Waals surface area contributed by atoms with Gasteiger partial charge in [-0.05, 0) is 38.4 Å². The fourth-order valence-corrected chi connectivity index (χ4v) is 3.12. The number of hydrogen-bond acceptors (Lipinski definition) is 6. The van der Waals surface area contributed by atoms with Gasteiger partial charge in [0.2, 0.25) is 0 Å². The van der Waals surface area contributed by atoms with E-state index in [-0.39, 0.29) is 6.04 Å². The van der Waals surface area contributed by atoms with Crippen LogP contribution in [0.1, 0.15) is 36.1 Å². The molecule has 0 aliphatic carbocycles. The molecule has 0 saturated carbocycles. The molecule has 7 nitrogen and oxygen atoms in total. The Labute approximate surface area is 140 Å². The first kappa shape index (κ1) is 14.9. The Morgan fingerprint density at radius 1 is 1.21 bits per heavy atom. The summed E-state index contributed by atoms with van der Waals surface area (Å²) < 4.78 is 0. The van der Waals surface area contributed by atoms with Crippen molar-refractivity contribution in [3.05, 3.63) is 54.0 Å². The first-order valence-corrected chi connectivity index (χ1v) is 8.15. The average molecular weight is 321 g/mol. The summed E-state index contributed by atoms with van der Waals surface area (Å²) in [5, 5.41) is 7.26. The molecule has 0 radical (unpaired) electrons. The van der Waals surface area contributed by atoms with E-state index in [1.807, 2.05) is 37.5 Å². The highest BCUT2D eigenvalue weighted by Gasteiger charge is 2.29. The van der Waals surface area contributed by atoms with Crippen molar-refractivity contribution in [3.63, 3.8) is 0 Å². The van der Waals surface area contributed by atoms with Crippen LogP contribution in [0.3, 0.4) is 0 Å². The van der Waals surface area contributed by atoms with Crippen molar-refractivity contribution in [3.8, 4) is 11.5 Å². The van der Waals surface area contributed by atoms with E-state index in [9.17, 15) is 0 Å². The number of aromatic nitrogens is 6. The molecule has 1 aliphatic rings. The van der Waals surface area contributed by atoms with Gasteiger partial charge < -0.3 is 0 Å². The predicted molar refractivity (Wildman–Crippen MR) is 88.8 cm³/mol. The second-order valence-corrected chi connectivity index (χ2v) is 6.04. The van der Waals surface area contributed by atoms with Crippen LogP contribution in [0.25, 0.3) is 11.5 Å². The maximum Gasteiger partial charge on any atom is 0.178 e. The minimum Gasteiger partial charge on any atom is -0.289 e. The van der Waals surface area contributed by atoms with Gasteiger partial charge in [-0.1, -0.05) is 6.07 Å². The van der Waals surface area contributed by atoms with Crippen LogP contribution in [-0.2, 0) is 6.54 Å². The van der Waals surface area contributed by atoms with Crippen LogP contribution in [0.4, 0.5) is 0 Å². The van der Waals surface area contributed by atoms with Gasteiger partial charge in [0, 0.05) is 30.7 Å². The normalized spacial score (nSPS) is 18.1. The van der Waals surface area contributed by atoms with Crippen molar-refractivity contribution >= 4 is 0 Å². The number of pyridine rings is 1. The smallest absolute Gasteiger partial charge is 0.178 e. The van der Waals surface area contributed by atoms with Gasteiger partial charge in [-0.3, -0.25) is 15.0 Å². The van der Waals surface area contributed by atoms with E-state index in [1.165, 1.54) is 0 Å². The Kier molecular flexibility index (Phi) is 4.00. The van der Waals surface area contributed by atoms with Crippen molar-refractivity contribution in [2.75, 3.05) is 6.54 Å². The summed E-state index contributed by atoms with van der Waals surface area (Å²) in [6.07, 6.45) is 7.76. The van der Waals surface area contributed by atoms with Gasteiger partial charge in [0.15, 0.2) is 11.6 Å². The number of hydrogen-bond donors (Lipinski definition) is 1. The van der Waals surface area contributed by atoms with Gasteiger partial charge >= 0.3 is 0 Å². The lowest BCUT2D eigenvalue weighted by molar-refractivity contribution is 0.239. The van der Waals surface area contributed by atoms with Crippen LogP contribution < -0.4 is 0 Å². The summed E-state index contributed by atoms with van der Waals surface area (Å²) >= 11 is 0. The molecule has 1 atom stereocenters. The third-order valence-electron chi connectivity index (χ3n) is 4.26. The highest BCUT2D eigenvalue weighted by Crippen LogP contribution is 2.31. The lowest BCUT2D eigenvalue weighted by Crippen LogP contribution is -2.23. The summed E-state index contributed by atoms with van der Waals surface area (Å²) in [7, 11) is 0. The van der Waals surface area contributed by atoms with Gasteiger partial charge in [-0.25, -0.2) is 15.0 Å². The van der Waals surface area contributed by atoms with Crippen molar-refractivity contribution in [1.82, 2.24) is 35.0 Å². The maximum absolute atomic E-state index is 4.49. The number of aryl methyl sites for hydroxylation is 1. The SMILES string of the molecule is Cc1nc(C2CCCN2Cc2cnc(-c3ccccn3)nc2)n[nH]1. The number of rotatable bonds is 4. The zero-order valence-corrected chi connectivity index (χ0v) is 13.6. The van der Waals surface area contributed by atoms with E-state index in [0.717, 1.165) is 48.8 Å². The van der Waals surface area contributed by atoms with Gasteiger partial charge in [0.25, 0.3) is 0 Å². The molecule has 1 N–H and O–H groups in total. The summed E-state index contributed by atoms with van der Waals surface area (Å²) in [5.41, 5.74) is 1.88. The molecule has 1 unspecified atom stereocenters. The van der Waals surface area contributed by atoms with Gasteiger partial charge in [-0.2, -0.15) is 5.10 Å². The molecule has 0 spiro atoms. The maximum atomic E-state index is 4.49. The monoisotopic (exact) mass is 321 g/mol. The summed E-state index contributed by atoms with van der Waals surface area (Å²) in [6, 6.07) is 6.01. The topological polar surface area (TPSA) is 83.5 Å². The molecular weight excluding hydrogens is 302 g/mol. The second-order valence-electron chi connectivity index (χ2n) is 6.04. The minimum absolute atomic E-state index is 0.269. The number of nitrogens with one attached hydrogen (secondary N) is 1. The Morgan fingerprint density at radius 2 is 2.08 bits per heavy atom. The van der Waals surface area contributed by atoms with Crippen LogP contribution in [0.5, 0.6) is 0 Å². The quantitative estimate of drug-likeness (QED) is 0.794. The molecule has 3 aromatic rings. The summed E-state index contributed by atoms with van der Waals surface area (Å²) in [6.45, 7) is 3.78. The molecule has 1 aliphatic heterocycles. The first-order chi connectivity index (χ1) is 11.8. The van der Waals surface area contributed by atoms with Crippen LogP contribution in [0, 0.1) is 6.92 Å². The lowest BCUT2D eigenvalue weighted by Gasteiger charge is -2.21. The summed E-state index contributed by atoms with van der Waals surface area (Å²) in [5.74, 6) is 2.40. The molecule has 3 aromatic heterocycles. The molecule has 24 heavy (non-hydrogen) atoms. The highest BCUT2D eigenvalue weighted by molar-refractivity contribution is 5.47. The largest absolute Gasteiger partial charge is 0.289 e. The number of likely N-dealkylation sites (tertiary alicyclic amines) is 1. The minimum atomic E-state index is 0.269. The zero-order valence-electron chi connectivity index (χ0n) is 13.6. The first-order valence-electron chi connectivity index (χ1n) is 8.15. The molecule has 0 amide bonds. The third-order valence-corrected chi connectivity index (χ3v) is 4.26. The Balaban J connectivity index is 1.48. The highest BCUT2D eigenvalue weighted by atomic mass is 15.3. The van der Waals surface area contributed by atoms with E-state index in [1.54, 1.807) is 6.20 Å². The van der Waals surface area contributed by atoms with Crippen LogP contribution in [0.15, 0.2) is 36.8 Å². The standard InChI is InChI=1S/C17H19N7/c1-12-21-17(23-22-12)15-6-4-8-24(15)11-13-9-19-16(20-10-13)14-5-2-3-7-18-14/h2-3,5,7,9-10,15H,4,6,8,11H2,1H3,(H,21,22,23). The Bertz CT molecular complexity index is 797. The number of aromatic amines is 1. The number of nitrogens with zero attached hydrogens (tertiary/aromatic N) is 6. The molecule has 4 heterocycles. The van der Waals surface area contributed by atoms with E-state index < -0.39 is 0 Å². The van der Waals surface area contributed by atoms with Gasteiger partial charge in [0.1, 0.15) is 11.5 Å². The van der Waals surface area contributed by atoms with E-state index >= 15 is 0 Å². The second kappa shape index (κ2) is 6.45. The lowest BCUT2D eigenvalue weighted by atomic mass is 10.2. The average Bonchev–Trinajstić information content (AvgIpc) is 3.25. The summed E-state index contributed by atoms with van der Waals surface area (Å²) in [4.78, 5) is 20.1. The van der Waals surface area contributed by atoms with Crippen molar-refractivity contribution in [1.29, 1.82) is 0 Å². The van der Waals surface area contributed by atoms with E-state index in [0.29, 0.717) is 5.82 Å². The van der Waals surface area contributed by atoms with E-state index in [2.05, 4.69) is 35.0 Å². The van der Waals surface area contributed by atoms with Crippen LogP contribution in [-0.4, -0.2) is 41.6 Å². The van der Waals surface area contributed by atoms with Gasteiger partial charge in [0.05, 0.1) is 6.04 Å². The third kappa shape index (κ3) is 3.03. The van der Waals surface area contributed by atoms with Crippen molar-refractivity contribution < 1.29 is 0 Å². The predicted octanol–water partition coefficient (Wildman–Crippen LogP) is 2.30. The molecule has 7 heteroatoms. The zero-order chi connectivity index (χ0) is 16.4. The molecule has 0 aromatic carbocycles. The van der Waals surface area contributed by atoms with Crippen LogP contribution >= 0.6 is 0 Å². The Hall–Kier alpha value is -2.67. The molecule has 0 bridgehead atoms. The molecule has 122 valence electrons. The van der Waals surface area contributed by atoms with Crippen molar-refractivity contribution in [2.24, 2.45) is 0 Å². The molecule has 4 rings (SSSR count). The fourth-order valence-electron chi connectivity index (χ4n) is 3.12. The molecule has 1 fully saturated rings. The van der Waals surface area contributed by atoms with E-state index in [4.69, 9.17) is 0 Å². The van der Waals surface area contributed by atoms with Crippen LogP contribution in [0.2, 0.25) is 0 Å². The number of H-pyrrole nitrogens is 1.